The van der Waals surface area contributed by atoms with Crippen molar-refractivity contribution in [1.29, 1.82) is 0 Å². The van der Waals surface area contributed by atoms with Gasteiger partial charge in [0.15, 0.2) is 0 Å². The fourth-order valence-electron chi connectivity index (χ4n) is 1.79. The van der Waals surface area contributed by atoms with Crippen molar-refractivity contribution in [1.82, 2.24) is 4.98 Å². The molecule has 0 atom stereocenters. The first-order valence-corrected chi connectivity index (χ1v) is 6.94. The molecule has 1 amide bonds. The van der Waals surface area contributed by atoms with Crippen LogP contribution in [0.2, 0.25) is 5.02 Å². The van der Waals surface area contributed by atoms with Gasteiger partial charge < -0.3 is 5.32 Å². The van der Waals surface area contributed by atoms with Crippen LogP contribution in [0.1, 0.15) is 9.67 Å². The Hall–Kier alpha value is -1.98. The van der Waals surface area contributed by atoms with Crippen molar-refractivity contribution in [2.75, 3.05) is 5.32 Å². The molecule has 3 nitrogen and oxygen atoms in total. The first kappa shape index (κ1) is 13.0. The zero-order chi connectivity index (χ0) is 14.1. The third-order valence-electron chi connectivity index (χ3n) is 2.70. The number of rotatable bonds is 2. The van der Waals surface area contributed by atoms with E-state index in [1.807, 2.05) is 0 Å². The molecule has 0 unspecified atom stereocenters. The number of nitrogens with one attached hydrogen (secondary N) is 1. The minimum absolute atomic E-state index is 0.332. The number of hydrogen-bond donors (Lipinski definition) is 1. The maximum absolute atomic E-state index is 13.2. The number of halogens is 2. The van der Waals surface area contributed by atoms with E-state index in [0.29, 0.717) is 25.8 Å². The van der Waals surface area contributed by atoms with E-state index >= 15 is 0 Å². The van der Waals surface area contributed by atoms with Crippen LogP contribution in [-0.4, -0.2) is 10.9 Å². The second kappa shape index (κ2) is 5.19. The lowest BCUT2D eigenvalue weighted by Gasteiger charge is -2.01. The molecule has 0 bridgehead atoms. The predicted molar refractivity (Wildman–Crippen MR) is 79.0 cm³/mol. The molecule has 0 aliphatic carbocycles. The van der Waals surface area contributed by atoms with Crippen molar-refractivity contribution < 1.29 is 9.18 Å². The molecule has 100 valence electrons. The minimum Gasteiger partial charge on any atom is -0.306 e. The first-order chi connectivity index (χ1) is 9.65. The molecule has 0 aliphatic heterocycles. The van der Waals surface area contributed by atoms with Gasteiger partial charge in [-0.25, -0.2) is 9.37 Å². The third-order valence-corrected chi connectivity index (χ3v) is 4.36. The summed E-state index contributed by atoms with van der Waals surface area (Å²) in [6.07, 6.45) is 1.58. The van der Waals surface area contributed by atoms with Gasteiger partial charge in [-0.15, -0.1) is 11.3 Å². The zero-order valence-corrected chi connectivity index (χ0v) is 11.6. The van der Waals surface area contributed by atoms with Crippen molar-refractivity contribution in [2.24, 2.45) is 0 Å². The summed E-state index contributed by atoms with van der Waals surface area (Å²) in [5.41, 5.74) is 0. The summed E-state index contributed by atoms with van der Waals surface area (Å²) >= 11 is 7.33. The normalized spacial score (nSPS) is 10.7. The van der Waals surface area contributed by atoms with Crippen LogP contribution in [0.25, 0.3) is 10.1 Å². The van der Waals surface area contributed by atoms with Crippen LogP contribution in [0.3, 0.4) is 0 Å². The molecule has 3 aromatic rings. The van der Waals surface area contributed by atoms with E-state index in [1.165, 1.54) is 12.1 Å². The molecule has 0 fully saturated rings. The standard InChI is InChI=1S/C14H8ClFN2OS/c15-12-9-5-4-8(16)7-10(9)20-13(12)14(19)18-11-3-1-2-6-17-11/h1-7H,(H,17,18,19). The quantitative estimate of drug-likeness (QED) is 0.765. The van der Waals surface area contributed by atoms with E-state index in [1.54, 1.807) is 30.5 Å². The van der Waals surface area contributed by atoms with Crippen LogP contribution in [0.5, 0.6) is 0 Å². The van der Waals surface area contributed by atoms with Crippen LogP contribution in [0.4, 0.5) is 10.2 Å². The topological polar surface area (TPSA) is 42.0 Å². The van der Waals surface area contributed by atoms with E-state index in [-0.39, 0.29) is 11.7 Å². The largest absolute Gasteiger partial charge is 0.306 e. The Morgan fingerprint density at radius 1 is 1.30 bits per heavy atom. The summed E-state index contributed by atoms with van der Waals surface area (Å²) < 4.78 is 13.8. The molecular weight excluding hydrogens is 299 g/mol. The number of amides is 1. The van der Waals surface area contributed by atoms with E-state index in [9.17, 15) is 9.18 Å². The number of carbonyl (C=O) groups excluding carboxylic acids is 1. The Morgan fingerprint density at radius 2 is 2.15 bits per heavy atom. The Kier molecular flexibility index (Phi) is 3.38. The van der Waals surface area contributed by atoms with Gasteiger partial charge >= 0.3 is 0 Å². The van der Waals surface area contributed by atoms with Crippen LogP contribution < -0.4 is 5.32 Å². The zero-order valence-electron chi connectivity index (χ0n) is 10.1. The van der Waals surface area contributed by atoms with Crippen LogP contribution in [-0.2, 0) is 0 Å². The molecule has 3 rings (SSSR count). The van der Waals surface area contributed by atoms with Gasteiger partial charge in [0.1, 0.15) is 16.5 Å². The highest BCUT2D eigenvalue weighted by Gasteiger charge is 2.17. The maximum atomic E-state index is 13.2. The molecule has 2 heterocycles. The van der Waals surface area contributed by atoms with Gasteiger partial charge in [-0.05, 0) is 30.3 Å². The van der Waals surface area contributed by atoms with Gasteiger partial charge in [-0.2, -0.15) is 0 Å². The van der Waals surface area contributed by atoms with Gasteiger partial charge in [0.25, 0.3) is 5.91 Å². The van der Waals surface area contributed by atoms with Crippen LogP contribution >= 0.6 is 22.9 Å². The fourth-order valence-corrected chi connectivity index (χ4v) is 3.23. The lowest BCUT2D eigenvalue weighted by molar-refractivity contribution is 0.103. The van der Waals surface area contributed by atoms with Crippen molar-refractivity contribution in [3.05, 3.63) is 58.3 Å². The fraction of sp³-hybridized carbons (Fsp3) is 0. The van der Waals surface area contributed by atoms with E-state index < -0.39 is 0 Å². The highest BCUT2D eigenvalue weighted by atomic mass is 35.5. The second-order valence-corrected chi connectivity index (χ2v) is 5.48. The average Bonchev–Trinajstić information content (AvgIpc) is 2.76. The Labute approximate surface area is 123 Å². The smallest absolute Gasteiger partial charge is 0.268 e. The number of thiophene rings is 1. The average molecular weight is 307 g/mol. The molecule has 0 radical (unpaired) electrons. The Bertz CT molecular complexity index is 788. The summed E-state index contributed by atoms with van der Waals surface area (Å²) in [7, 11) is 0. The number of fused-ring (bicyclic) bond motifs is 1. The highest BCUT2D eigenvalue weighted by molar-refractivity contribution is 7.21. The van der Waals surface area contributed by atoms with Crippen LogP contribution in [0, 0.1) is 5.82 Å². The van der Waals surface area contributed by atoms with Crippen molar-refractivity contribution in [2.45, 2.75) is 0 Å². The van der Waals surface area contributed by atoms with E-state index in [0.717, 1.165) is 11.3 Å². The summed E-state index contributed by atoms with van der Waals surface area (Å²) in [6, 6.07) is 9.46. The second-order valence-electron chi connectivity index (χ2n) is 4.05. The molecule has 0 aliphatic rings. The Morgan fingerprint density at radius 3 is 2.90 bits per heavy atom. The maximum Gasteiger partial charge on any atom is 0.268 e. The number of carbonyl (C=O) groups is 1. The monoisotopic (exact) mass is 306 g/mol. The number of anilines is 1. The van der Waals surface area contributed by atoms with Crippen molar-refractivity contribution in [3.8, 4) is 0 Å². The van der Waals surface area contributed by atoms with E-state index in [2.05, 4.69) is 10.3 Å². The first-order valence-electron chi connectivity index (χ1n) is 5.75. The molecule has 6 heteroatoms. The molecule has 2 aromatic heterocycles. The number of nitrogens with zero attached hydrogens (tertiary/aromatic N) is 1. The summed E-state index contributed by atoms with van der Waals surface area (Å²) in [6.45, 7) is 0. The SMILES string of the molecule is O=C(Nc1ccccn1)c1sc2cc(F)ccc2c1Cl. The highest BCUT2D eigenvalue weighted by Crippen LogP contribution is 2.35. The predicted octanol–water partition coefficient (Wildman–Crippen LogP) is 4.34. The summed E-state index contributed by atoms with van der Waals surface area (Å²) in [5.74, 6) is -0.264. The number of hydrogen-bond acceptors (Lipinski definition) is 3. The number of pyridine rings is 1. The summed E-state index contributed by atoms with van der Waals surface area (Å²) in [4.78, 5) is 16.5. The molecule has 1 N–H and O–H groups in total. The number of aromatic nitrogens is 1. The van der Waals surface area contributed by atoms with Crippen molar-refractivity contribution in [3.63, 3.8) is 0 Å². The number of benzene rings is 1. The van der Waals surface area contributed by atoms with Crippen molar-refractivity contribution >= 4 is 44.7 Å². The van der Waals surface area contributed by atoms with Gasteiger partial charge in [0.05, 0.1) is 5.02 Å². The lowest BCUT2D eigenvalue weighted by atomic mass is 10.2. The molecule has 0 saturated heterocycles. The van der Waals surface area contributed by atoms with Crippen LogP contribution in [0.15, 0.2) is 42.6 Å². The lowest BCUT2D eigenvalue weighted by Crippen LogP contribution is -2.11. The van der Waals surface area contributed by atoms with E-state index in [4.69, 9.17) is 11.6 Å². The molecule has 0 spiro atoms. The summed E-state index contributed by atoms with van der Waals surface area (Å²) in [5, 5.41) is 3.66. The van der Waals surface area contributed by atoms with Gasteiger partial charge in [0, 0.05) is 16.3 Å². The van der Waals surface area contributed by atoms with Gasteiger partial charge in [-0.3, -0.25) is 4.79 Å². The molecule has 1 aromatic carbocycles. The molecule has 0 saturated carbocycles. The molecule has 20 heavy (non-hydrogen) atoms. The van der Waals surface area contributed by atoms with Gasteiger partial charge in [0.2, 0.25) is 0 Å². The third kappa shape index (κ3) is 2.37. The Balaban J connectivity index is 1.97. The minimum atomic E-state index is -0.355. The molecular formula is C14H8ClFN2OS. The van der Waals surface area contributed by atoms with Gasteiger partial charge in [-0.1, -0.05) is 17.7 Å².